The largest absolute Gasteiger partial charge is 0.313 e. The summed E-state index contributed by atoms with van der Waals surface area (Å²) >= 11 is 0. The fourth-order valence-corrected chi connectivity index (χ4v) is 4.42. The SMILES string of the molecule is CC(C)CC1(CNC2CCC(C)(C)C2)CCCC1. The lowest BCUT2D eigenvalue weighted by Crippen LogP contribution is -2.38. The van der Waals surface area contributed by atoms with E-state index in [1.807, 2.05) is 0 Å². The molecule has 0 aliphatic heterocycles. The van der Waals surface area contributed by atoms with Crippen LogP contribution < -0.4 is 5.32 Å². The summed E-state index contributed by atoms with van der Waals surface area (Å²) in [5, 5.41) is 3.93. The Labute approximate surface area is 114 Å². The summed E-state index contributed by atoms with van der Waals surface area (Å²) in [4.78, 5) is 0. The summed E-state index contributed by atoms with van der Waals surface area (Å²) in [6.07, 6.45) is 11.5. The van der Waals surface area contributed by atoms with Gasteiger partial charge in [0.1, 0.15) is 0 Å². The zero-order valence-corrected chi connectivity index (χ0v) is 13.0. The second kappa shape index (κ2) is 5.53. The van der Waals surface area contributed by atoms with Crippen LogP contribution in [0.2, 0.25) is 0 Å². The molecule has 2 aliphatic rings. The minimum Gasteiger partial charge on any atom is -0.313 e. The molecule has 1 unspecified atom stereocenters. The van der Waals surface area contributed by atoms with Crippen molar-refractivity contribution >= 4 is 0 Å². The first-order chi connectivity index (χ1) is 8.41. The number of nitrogens with one attached hydrogen (secondary N) is 1. The fraction of sp³-hybridized carbons (Fsp3) is 1.00. The highest BCUT2D eigenvalue weighted by molar-refractivity contribution is 4.91. The van der Waals surface area contributed by atoms with Crippen molar-refractivity contribution in [1.82, 2.24) is 5.32 Å². The lowest BCUT2D eigenvalue weighted by molar-refractivity contribution is 0.213. The van der Waals surface area contributed by atoms with Crippen LogP contribution in [0, 0.1) is 16.7 Å². The van der Waals surface area contributed by atoms with Crippen LogP contribution in [0.25, 0.3) is 0 Å². The summed E-state index contributed by atoms with van der Waals surface area (Å²) in [5.41, 5.74) is 1.22. The van der Waals surface area contributed by atoms with E-state index in [4.69, 9.17) is 0 Å². The van der Waals surface area contributed by atoms with E-state index in [2.05, 4.69) is 33.0 Å². The Morgan fingerprint density at radius 2 is 1.78 bits per heavy atom. The quantitative estimate of drug-likeness (QED) is 0.743. The van der Waals surface area contributed by atoms with Gasteiger partial charge in [-0.25, -0.2) is 0 Å². The predicted octanol–water partition coefficient (Wildman–Crippen LogP) is 4.76. The van der Waals surface area contributed by atoms with Crippen LogP contribution in [0.4, 0.5) is 0 Å². The van der Waals surface area contributed by atoms with Crippen molar-refractivity contribution in [2.24, 2.45) is 16.7 Å². The molecule has 106 valence electrons. The second-order valence-corrected chi connectivity index (χ2v) is 8.29. The van der Waals surface area contributed by atoms with Crippen molar-refractivity contribution in [3.05, 3.63) is 0 Å². The standard InChI is InChI=1S/C17H33N/c1-14(2)11-17(8-5-6-9-17)13-18-15-7-10-16(3,4)12-15/h14-15,18H,5-13H2,1-4H3. The molecule has 0 aromatic rings. The Morgan fingerprint density at radius 1 is 1.11 bits per heavy atom. The van der Waals surface area contributed by atoms with Gasteiger partial charge in [0.15, 0.2) is 0 Å². The summed E-state index contributed by atoms with van der Waals surface area (Å²) in [7, 11) is 0. The van der Waals surface area contributed by atoms with Gasteiger partial charge in [-0.1, -0.05) is 40.5 Å². The fourth-order valence-electron chi connectivity index (χ4n) is 4.42. The summed E-state index contributed by atoms with van der Waals surface area (Å²) < 4.78 is 0. The van der Waals surface area contributed by atoms with E-state index >= 15 is 0 Å². The maximum Gasteiger partial charge on any atom is 0.00725 e. The van der Waals surface area contributed by atoms with Crippen LogP contribution in [0.1, 0.15) is 79.1 Å². The van der Waals surface area contributed by atoms with Gasteiger partial charge >= 0.3 is 0 Å². The minimum atomic E-state index is 0.582. The summed E-state index contributed by atoms with van der Waals surface area (Å²) in [6.45, 7) is 10.9. The monoisotopic (exact) mass is 251 g/mol. The Balaban J connectivity index is 1.83. The van der Waals surface area contributed by atoms with E-state index in [1.54, 1.807) is 0 Å². The Morgan fingerprint density at radius 3 is 2.28 bits per heavy atom. The average molecular weight is 251 g/mol. The molecule has 0 aromatic carbocycles. The molecular weight excluding hydrogens is 218 g/mol. The topological polar surface area (TPSA) is 12.0 Å². The van der Waals surface area contributed by atoms with Crippen molar-refractivity contribution in [1.29, 1.82) is 0 Å². The lowest BCUT2D eigenvalue weighted by Gasteiger charge is -2.33. The Kier molecular flexibility index (Phi) is 4.41. The van der Waals surface area contributed by atoms with Crippen LogP contribution >= 0.6 is 0 Å². The second-order valence-electron chi connectivity index (χ2n) is 8.29. The molecule has 0 bridgehead atoms. The van der Waals surface area contributed by atoms with Crippen molar-refractivity contribution in [3.8, 4) is 0 Å². The molecule has 1 atom stereocenters. The highest BCUT2D eigenvalue weighted by Crippen LogP contribution is 2.43. The van der Waals surface area contributed by atoms with Gasteiger partial charge in [0.25, 0.3) is 0 Å². The van der Waals surface area contributed by atoms with Gasteiger partial charge < -0.3 is 5.32 Å². The molecule has 1 N–H and O–H groups in total. The number of rotatable bonds is 5. The third kappa shape index (κ3) is 3.73. The molecular formula is C17H33N. The van der Waals surface area contributed by atoms with E-state index in [0.717, 1.165) is 12.0 Å². The van der Waals surface area contributed by atoms with Crippen LogP contribution in [0.3, 0.4) is 0 Å². The minimum absolute atomic E-state index is 0.582. The molecule has 2 fully saturated rings. The normalized spacial score (nSPS) is 30.2. The number of hydrogen-bond acceptors (Lipinski definition) is 1. The first-order valence-corrected chi connectivity index (χ1v) is 8.14. The van der Waals surface area contributed by atoms with Gasteiger partial charge in [-0.05, 0) is 55.3 Å². The van der Waals surface area contributed by atoms with Gasteiger partial charge in [-0.2, -0.15) is 0 Å². The highest BCUT2D eigenvalue weighted by Gasteiger charge is 2.36. The van der Waals surface area contributed by atoms with Gasteiger partial charge in [0.2, 0.25) is 0 Å². The van der Waals surface area contributed by atoms with E-state index < -0.39 is 0 Å². The van der Waals surface area contributed by atoms with Crippen LogP contribution in [0.15, 0.2) is 0 Å². The van der Waals surface area contributed by atoms with Gasteiger partial charge in [0.05, 0.1) is 0 Å². The van der Waals surface area contributed by atoms with Crippen LogP contribution in [-0.2, 0) is 0 Å². The van der Waals surface area contributed by atoms with Gasteiger partial charge in [-0.15, -0.1) is 0 Å². The molecule has 1 nitrogen and oxygen atoms in total. The van der Waals surface area contributed by atoms with Crippen LogP contribution in [0.5, 0.6) is 0 Å². The molecule has 1 heteroatoms. The molecule has 18 heavy (non-hydrogen) atoms. The van der Waals surface area contributed by atoms with E-state index in [9.17, 15) is 0 Å². The smallest absolute Gasteiger partial charge is 0.00725 e. The first kappa shape index (κ1) is 14.4. The average Bonchev–Trinajstić information content (AvgIpc) is 2.82. The molecule has 0 heterocycles. The van der Waals surface area contributed by atoms with E-state index in [-0.39, 0.29) is 0 Å². The van der Waals surface area contributed by atoms with Crippen LogP contribution in [-0.4, -0.2) is 12.6 Å². The third-order valence-corrected chi connectivity index (χ3v) is 5.24. The molecule has 2 rings (SSSR count). The molecule has 0 aromatic heterocycles. The Bertz CT molecular complexity index is 261. The molecule has 0 radical (unpaired) electrons. The molecule has 0 spiro atoms. The molecule has 2 saturated carbocycles. The number of hydrogen-bond donors (Lipinski definition) is 1. The summed E-state index contributed by atoms with van der Waals surface area (Å²) in [5.74, 6) is 0.852. The van der Waals surface area contributed by atoms with E-state index in [1.165, 1.54) is 57.9 Å². The molecule has 0 saturated heterocycles. The Hall–Kier alpha value is -0.0400. The maximum atomic E-state index is 3.93. The maximum absolute atomic E-state index is 3.93. The van der Waals surface area contributed by atoms with E-state index in [0.29, 0.717) is 10.8 Å². The van der Waals surface area contributed by atoms with Gasteiger partial charge in [0, 0.05) is 12.6 Å². The third-order valence-electron chi connectivity index (χ3n) is 5.24. The predicted molar refractivity (Wildman–Crippen MR) is 79.8 cm³/mol. The van der Waals surface area contributed by atoms with Gasteiger partial charge in [-0.3, -0.25) is 0 Å². The van der Waals surface area contributed by atoms with Crippen molar-refractivity contribution in [2.75, 3.05) is 6.54 Å². The molecule has 0 amide bonds. The zero-order chi connectivity index (χ0) is 13.2. The summed E-state index contributed by atoms with van der Waals surface area (Å²) in [6, 6.07) is 0.796. The van der Waals surface area contributed by atoms with Crippen molar-refractivity contribution in [3.63, 3.8) is 0 Å². The van der Waals surface area contributed by atoms with Crippen molar-refractivity contribution < 1.29 is 0 Å². The lowest BCUT2D eigenvalue weighted by atomic mass is 9.78. The molecule has 2 aliphatic carbocycles. The van der Waals surface area contributed by atoms with Crippen molar-refractivity contribution in [2.45, 2.75) is 85.1 Å². The zero-order valence-electron chi connectivity index (χ0n) is 13.0. The highest BCUT2D eigenvalue weighted by atomic mass is 14.9. The first-order valence-electron chi connectivity index (χ1n) is 8.14.